The Kier molecular flexibility index (Phi) is 2.16. The molecule has 2 N–H and O–H groups in total. The van der Waals surface area contributed by atoms with Crippen LogP contribution in [-0.2, 0) is 0 Å². The molecule has 2 aromatic rings. The van der Waals surface area contributed by atoms with Gasteiger partial charge in [-0.25, -0.2) is 13.8 Å². The van der Waals surface area contributed by atoms with E-state index in [1.165, 1.54) is 6.20 Å². The first-order chi connectivity index (χ1) is 8.05. The lowest BCUT2D eigenvalue weighted by Crippen LogP contribution is -2.38. The van der Waals surface area contributed by atoms with Gasteiger partial charge in [0.05, 0.1) is 12.3 Å². The number of fused-ring (bicyclic) bond motifs is 1. The van der Waals surface area contributed by atoms with E-state index in [1.54, 1.807) is 12.3 Å². The summed E-state index contributed by atoms with van der Waals surface area (Å²) in [6.07, 6.45) is 1.71. The van der Waals surface area contributed by atoms with E-state index in [0.717, 1.165) is 5.39 Å². The summed E-state index contributed by atoms with van der Waals surface area (Å²) in [6, 6.07) is 1.73. The van der Waals surface area contributed by atoms with Crippen molar-refractivity contribution in [3.8, 4) is 0 Å². The quantitative estimate of drug-likeness (QED) is 0.843. The zero-order valence-corrected chi connectivity index (χ0v) is 8.90. The standard InChI is InChI=1S/C11H11F2N3O/c12-11(13)2-8(3-11)9(17)6-1-7-5-15-16-10(7)14-4-6/h1,4-5,8-9,17H,2-3H2,(H,14,15,16). The van der Waals surface area contributed by atoms with Crippen LogP contribution in [0.3, 0.4) is 0 Å². The van der Waals surface area contributed by atoms with Crippen molar-refractivity contribution in [3.05, 3.63) is 24.0 Å². The van der Waals surface area contributed by atoms with Gasteiger partial charge in [-0.2, -0.15) is 5.10 Å². The van der Waals surface area contributed by atoms with Crippen molar-refractivity contribution in [1.29, 1.82) is 0 Å². The van der Waals surface area contributed by atoms with E-state index in [1.807, 2.05) is 0 Å². The Labute approximate surface area is 95.7 Å². The highest BCUT2D eigenvalue weighted by atomic mass is 19.3. The third-order valence-electron chi connectivity index (χ3n) is 3.22. The molecule has 0 spiro atoms. The molecule has 1 aliphatic carbocycles. The monoisotopic (exact) mass is 239 g/mol. The average molecular weight is 239 g/mol. The van der Waals surface area contributed by atoms with Gasteiger partial charge in [0, 0.05) is 30.3 Å². The predicted molar refractivity (Wildman–Crippen MR) is 56.5 cm³/mol. The normalized spacial score (nSPS) is 21.4. The number of hydrogen-bond donors (Lipinski definition) is 2. The Morgan fingerprint density at radius 3 is 2.88 bits per heavy atom. The minimum absolute atomic E-state index is 0.252. The largest absolute Gasteiger partial charge is 0.388 e. The number of nitrogens with zero attached hydrogens (tertiary/aromatic N) is 2. The molecule has 1 saturated carbocycles. The van der Waals surface area contributed by atoms with Crippen LogP contribution < -0.4 is 0 Å². The second-order valence-corrected chi connectivity index (χ2v) is 4.55. The molecule has 17 heavy (non-hydrogen) atoms. The van der Waals surface area contributed by atoms with E-state index in [2.05, 4.69) is 15.2 Å². The molecule has 1 aliphatic rings. The van der Waals surface area contributed by atoms with Crippen molar-refractivity contribution >= 4 is 11.0 Å². The lowest BCUT2D eigenvalue weighted by atomic mass is 9.76. The third kappa shape index (κ3) is 1.78. The maximum atomic E-state index is 12.7. The summed E-state index contributed by atoms with van der Waals surface area (Å²) in [5.41, 5.74) is 1.19. The highest BCUT2D eigenvalue weighted by Gasteiger charge is 2.48. The van der Waals surface area contributed by atoms with Crippen LogP contribution in [0.4, 0.5) is 8.78 Å². The van der Waals surface area contributed by atoms with Gasteiger partial charge in [0.25, 0.3) is 0 Å². The number of halogens is 2. The highest BCUT2D eigenvalue weighted by Crippen LogP contribution is 2.48. The number of alkyl halides is 2. The number of H-pyrrole nitrogens is 1. The molecule has 0 saturated heterocycles. The zero-order chi connectivity index (χ0) is 12.0. The smallest absolute Gasteiger partial charge is 0.248 e. The molecule has 1 fully saturated rings. The molecular weight excluding hydrogens is 228 g/mol. The van der Waals surface area contributed by atoms with Crippen LogP contribution in [0.25, 0.3) is 11.0 Å². The van der Waals surface area contributed by atoms with Crippen LogP contribution in [-0.4, -0.2) is 26.2 Å². The number of rotatable bonds is 2. The van der Waals surface area contributed by atoms with Crippen LogP contribution in [0.15, 0.2) is 18.5 Å². The summed E-state index contributed by atoms with van der Waals surface area (Å²) < 4.78 is 25.5. The van der Waals surface area contributed by atoms with E-state index in [-0.39, 0.29) is 18.8 Å². The number of aliphatic hydroxyl groups is 1. The van der Waals surface area contributed by atoms with Gasteiger partial charge in [0.1, 0.15) is 0 Å². The molecular formula is C11H11F2N3O. The number of aliphatic hydroxyl groups excluding tert-OH is 1. The molecule has 0 amide bonds. The topological polar surface area (TPSA) is 61.8 Å². The summed E-state index contributed by atoms with van der Waals surface area (Å²) in [5, 5.41) is 17.2. The van der Waals surface area contributed by atoms with Gasteiger partial charge >= 0.3 is 0 Å². The molecule has 4 nitrogen and oxygen atoms in total. The second-order valence-electron chi connectivity index (χ2n) is 4.55. The van der Waals surface area contributed by atoms with Crippen molar-refractivity contribution in [3.63, 3.8) is 0 Å². The molecule has 90 valence electrons. The molecule has 6 heteroatoms. The van der Waals surface area contributed by atoms with Crippen LogP contribution in [0.5, 0.6) is 0 Å². The van der Waals surface area contributed by atoms with E-state index in [0.29, 0.717) is 11.2 Å². The first kappa shape index (κ1) is 10.6. The van der Waals surface area contributed by atoms with Crippen molar-refractivity contribution in [1.82, 2.24) is 15.2 Å². The minimum Gasteiger partial charge on any atom is -0.388 e. The first-order valence-corrected chi connectivity index (χ1v) is 5.40. The lowest BCUT2D eigenvalue weighted by Gasteiger charge is -2.37. The van der Waals surface area contributed by atoms with Crippen LogP contribution in [0.2, 0.25) is 0 Å². The van der Waals surface area contributed by atoms with Crippen LogP contribution in [0, 0.1) is 5.92 Å². The number of pyridine rings is 1. The maximum absolute atomic E-state index is 12.7. The fourth-order valence-corrected chi connectivity index (χ4v) is 2.22. The van der Waals surface area contributed by atoms with Crippen molar-refractivity contribution in [2.24, 2.45) is 5.92 Å². The third-order valence-corrected chi connectivity index (χ3v) is 3.22. The molecule has 0 bridgehead atoms. The minimum atomic E-state index is -2.61. The first-order valence-electron chi connectivity index (χ1n) is 5.40. The van der Waals surface area contributed by atoms with E-state index in [9.17, 15) is 13.9 Å². The van der Waals surface area contributed by atoms with Gasteiger partial charge in [-0.15, -0.1) is 0 Å². The number of aromatic amines is 1. The zero-order valence-electron chi connectivity index (χ0n) is 8.90. The fourth-order valence-electron chi connectivity index (χ4n) is 2.22. The molecule has 1 atom stereocenters. The van der Waals surface area contributed by atoms with Gasteiger partial charge < -0.3 is 5.11 Å². The van der Waals surface area contributed by atoms with Gasteiger partial charge in [0.15, 0.2) is 5.65 Å². The molecule has 2 aromatic heterocycles. The number of aromatic nitrogens is 3. The molecule has 0 radical (unpaired) electrons. The summed E-state index contributed by atoms with van der Waals surface area (Å²) >= 11 is 0. The SMILES string of the molecule is OC(c1cnc2[nH]ncc2c1)C1CC(F)(F)C1. The Morgan fingerprint density at radius 1 is 1.41 bits per heavy atom. The van der Waals surface area contributed by atoms with Gasteiger partial charge in [0.2, 0.25) is 5.92 Å². The lowest BCUT2D eigenvalue weighted by molar-refractivity contribution is -0.142. The van der Waals surface area contributed by atoms with Crippen LogP contribution in [0.1, 0.15) is 24.5 Å². The Balaban J connectivity index is 1.83. The van der Waals surface area contributed by atoms with Crippen molar-refractivity contribution < 1.29 is 13.9 Å². The van der Waals surface area contributed by atoms with Gasteiger partial charge in [-0.05, 0) is 11.6 Å². The summed E-state index contributed by atoms with van der Waals surface area (Å²) in [5.74, 6) is -2.99. The van der Waals surface area contributed by atoms with E-state index >= 15 is 0 Å². The Morgan fingerprint density at radius 2 is 2.18 bits per heavy atom. The van der Waals surface area contributed by atoms with E-state index < -0.39 is 12.0 Å². The molecule has 2 heterocycles. The highest BCUT2D eigenvalue weighted by molar-refractivity contribution is 5.74. The van der Waals surface area contributed by atoms with Gasteiger partial charge in [-0.3, -0.25) is 5.10 Å². The summed E-state index contributed by atoms with van der Waals surface area (Å²) in [6.45, 7) is 0. The Hall–Kier alpha value is -1.56. The number of hydrogen-bond acceptors (Lipinski definition) is 3. The second kappa shape index (κ2) is 3.46. The summed E-state index contributed by atoms with van der Waals surface area (Å²) in [7, 11) is 0. The maximum Gasteiger partial charge on any atom is 0.248 e. The average Bonchev–Trinajstić information content (AvgIpc) is 2.71. The molecule has 0 aliphatic heterocycles. The predicted octanol–water partition coefficient (Wildman–Crippen LogP) is 2.04. The number of nitrogens with one attached hydrogen (secondary N) is 1. The van der Waals surface area contributed by atoms with Crippen molar-refractivity contribution in [2.45, 2.75) is 24.9 Å². The fraction of sp³-hybridized carbons (Fsp3) is 0.455. The van der Waals surface area contributed by atoms with E-state index in [4.69, 9.17) is 0 Å². The van der Waals surface area contributed by atoms with Gasteiger partial charge in [-0.1, -0.05) is 0 Å². The molecule has 1 unspecified atom stereocenters. The van der Waals surface area contributed by atoms with Crippen molar-refractivity contribution in [2.75, 3.05) is 0 Å². The van der Waals surface area contributed by atoms with Crippen LogP contribution >= 0.6 is 0 Å². The molecule has 0 aromatic carbocycles. The Bertz CT molecular complexity index is 546. The molecule has 3 rings (SSSR count). The summed E-state index contributed by atoms with van der Waals surface area (Å²) in [4.78, 5) is 4.07.